The highest BCUT2D eigenvalue weighted by atomic mass is 16.5. The summed E-state index contributed by atoms with van der Waals surface area (Å²) in [6.45, 7) is 6.32. The van der Waals surface area contributed by atoms with Gasteiger partial charge in [-0.2, -0.15) is 0 Å². The minimum absolute atomic E-state index is 0.0909. The minimum atomic E-state index is -0.769. The molecule has 1 aliphatic rings. The van der Waals surface area contributed by atoms with Crippen LogP contribution < -0.4 is 0 Å². The van der Waals surface area contributed by atoms with Crippen molar-refractivity contribution in [3.63, 3.8) is 0 Å². The first-order valence-electron chi connectivity index (χ1n) is 7.19. The molecule has 1 fully saturated rings. The lowest BCUT2D eigenvalue weighted by Gasteiger charge is -2.30. The van der Waals surface area contributed by atoms with Crippen LogP contribution in [0.4, 0.5) is 0 Å². The van der Waals surface area contributed by atoms with E-state index < -0.39 is 5.97 Å². The number of hydrogen-bond acceptors (Lipinski definition) is 3. The van der Waals surface area contributed by atoms with Gasteiger partial charge >= 0.3 is 5.97 Å². The summed E-state index contributed by atoms with van der Waals surface area (Å²) >= 11 is 0. The summed E-state index contributed by atoms with van der Waals surface area (Å²) in [7, 11) is 0. The SMILES string of the molecule is CCOCCN(CC)C(=O)C1CCCC(C(=O)O)C1. The van der Waals surface area contributed by atoms with Crippen LogP contribution in [0.2, 0.25) is 0 Å². The van der Waals surface area contributed by atoms with E-state index in [1.54, 1.807) is 4.90 Å². The number of nitrogens with zero attached hydrogens (tertiary/aromatic N) is 1. The molecular formula is C14H25NO4. The van der Waals surface area contributed by atoms with E-state index in [-0.39, 0.29) is 17.7 Å². The fraction of sp³-hybridized carbons (Fsp3) is 0.857. The Morgan fingerprint density at radius 3 is 2.53 bits per heavy atom. The van der Waals surface area contributed by atoms with Crippen LogP contribution >= 0.6 is 0 Å². The quantitative estimate of drug-likeness (QED) is 0.716. The third-order valence-corrected chi connectivity index (χ3v) is 3.78. The van der Waals surface area contributed by atoms with Gasteiger partial charge in [0.1, 0.15) is 0 Å². The van der Waals surface area contributed by atoms with Crippen molar-refractivity contribution in [1.29, 1.82) is 0 Å². The molecular weight excluding hydrogens is 246 g/mol. The summed E-state index contributed by atoms with van der Waals surface area (Å²) in [5.41, 5.74) is 0. The van der Waals surface area contributed by atoms with Gasteiger partial charge in [-0.1, -0.05) is 6.42 Å². The smallest absolute Gasteiger partial charge is 0.306 e. The Balaban J connectivity index is 2.51. The first kappa shape index (κ1) is 16.0. The lowest BCUT2D eigenvalue weighted by atomic mass is 9.80. The highest BCUT2D eigenvalue weighted by Crippen LogP contribution is 2.30. The van der Waals surface area contributed by atoms with Crippen molar-refractivity contribution in [3.8, 4) is 0 Å². The topological polar surface area (TPSA) is 66.8 Å². The maximum atomic E-state index is 12.4. The van der Waals surface area contributed by atoms with Crippen molar-refractivity contribution in [3.05, 3.63) is 0 Å². The summed E-state index contributed by atoms with van der Waals surface area (Å²) in [4.78, 5) is 25.2. The standard InChI is InChI=1S/C14H25NO4/c1-3-15(8-9-19-4-2)13(16)11-6-5-7-12(10-11)14(17)18/h11-12H,3-10H2,1-2H3,(H,17,18). The zero-order chi connectivity index (χ0) is 14.3. The summed E-state index contributed by atoms with van der Waals surface area (Å²) in [6.07, 6.45) is 2.83. The average molecular weight is 271 g/mol. The molecule has 2 unspecified atom stereocenters. The Bertz CT molecular complexity index is 306. The highest BCUT2D eigenvalue weighted by Gasteiger charge is 2.32. The van der Waals surface area contributed by atoms with Gasteiger partial charge in [-0.15, -0.1) is 0 Å². The molecule has 1 rings (SSSR count). The number of carbonyl (C=O) groups excluding carboxylic acids is 1. The van der Waals surface area contributed by atoms with Gasteiger partial charge in [0.15, 0.2) is 0 Å². The van der Waals surface area contributed by atoms with Gasteiger partial charge in [-0.3, -0.25) is 9.59 Å². The van der Waals surface area contributed by atoms with Crippen LogP contribution in [0, 0.1) is 11.8 Å². The summed E-state index contributed by atoms with van der Waals surface area (Å²) in [5, 5.41) is 9.06. The lowest BCUT2D eigenvalue weighted by molar-refractivity contribution is -0.145. The van der Waals surface area contributed by atoms with E-state index in [1.807, 2.05) is 13.8 Å². The molecule has 0 spiro atoms. The molecule has 0 saturated heterocycles. The van der Waals surface area contributed by atoms with Crippen LogP contribution in [0.15, 0.2) is 0 Å². The van der Waals surface area contributed by atoms with E-state index in [2.05, 4.69) is 0 Å². The maximum absolute atomic E-state index is 12.4. The van der Waals surface area contributed by atoms with Gasteiger partial charge in [-0.25, -0.2) is 0 Å². The zero-order valence-electron chi connectivity index (χ0n) is 11.9. The number of aliphatic carboxylic acids is 1. The second kappa shape index (κ2) is 8.15. The van der Waals surface area contributed by atoms with Gasteiger partial charge in [0.05, 0.1) is 12.5 Å². The van der Waals surface area contributed by atoms with Crippen molar-refractivity contribution >= 4 is 11.9 Å². The van der Waals surface area contributed by atoms with Crippen LogP contribution in [0.25, 0.3) is 0 Å². The van der Waals surface area contributed by atoms with Crippen molar-refractivity contribution in [1.82, 2.24) is 4.90 Å². The highest BCUT2D eigenvalue weighted by molar-refractivity contribution is 5.80. The number of likely N-dealkylation sites (N-methyl/N-ethyl adjacent to an activating group) is 1. The molecule has 0 aliphatic heterocycles. The van der Waals surface area contributed by atoms with Crippen LogP contribution in [0.3, 0.4) is 0 Å². The molecule has 1 aliphatic carbocycles. The van der Waals surface area contributed by atoms with Crippen LogP contribution in [-0.4, -0.2) is 48.2 Å². The number of amides is 1. The van der Waals surface area contributed by atoms with Gasteiger partial charge in [0.25, 0.3) is 0 Å². The number of carboxylic acids is 1. The number of hydrogen-bond donors (Lipinski definition) is 1. The van der Waals surface area contributed by atoms with Crippen LogP contribution in [0.5, 0.6) is 0 Å². The lowest BCUT2D eigenvalue weighted by Crippen LogP contribution is -2.40. The molecule has 19 heavy (non-hydrogen) atoms. The van der Waals surface area contributed by atoms with Gasteiger partial charge in [0.2, 0.25) is 5.91 Å². The van der Waals surface area contributed by atoms with E-state index >= 15 is 0 Å². The van der Waals surface area contributed by atoms with Crippen LogP contribution in [-0.2, 0) is 14.3 Å². The number of rotatable bonds is 7. The second-order valence-corrected chi connectivity index (χ2v) is 5.01. The van der Waals surface area contributed by atoms with Gasteiger partial charge in [-0.05, 0) is 33.1 Å². The summed E-state index contributed by atoms with van der Waals surface area (Å²) < 4.78 is 5.27. The predicted molar refractivity (Wildman–Crippen MR) is 71.8 cm³/mol. The normalized spacial score (nSPS) is 23.1. The molecule has 0 aromatic heterocycles. The summed E-state index contributed by atoms with van der Waals surface area (Å²) in [5.74, 6) is -1.16. The number of ether oxygens (including phenoxy) is 1. The summed E-state index contributed by atoms with van der Waals surface area (Å²) in [6, 6.07) is 0. The third-order valence-electron chi connectivity index (χ3n) is 3.78. The molecule has 0 heterocycles. The van der Waals surface area contributed by atoms with E-state index in [0.717, 1.165) is 12.8 Å². The average Bonchev–Trinajstić information content (AvgIpc) is 2.43. The van der Waals surface area contributed by atoms with Crippen molar-refractivity contribution in [2.75, 3.05) is 26.3 Å². The Kier molecular flexibility index (Phi) is 6.84. The molecule has 110 valence electrons. The Hall–Kier alpha value is -1.10. The second-order valence-electron chi connectivity index (χ2n) is 5.01. The molecule has 0 radical (unpaired) electrons. The molecule has 5 nitrogen and oxygen atoms in total. The third kappa shape index (κ3) is 4.82. The zero-order valence-corrected chi connectivity index (χ0v) is 11.9. The molecule has 2 atom stereocenters. The van der Waals surface area contributed by atoms with Crippen molar-refractivity contribution in [2.45, 2.75) is 39.5 Å². The molecule has 1 N–H and O–H groups in total. The van der Waals surface area contributed by atoms with E-state index in [1.165, 1.54) is 0 Å². The van der Waals surface area contributed by atoms with Gasteiger partial charge < -0.3 is 14.7 Å². The Morgan fingerprint density at radius 1 is 1.26 bits per heavy atom. The van der Waals surface area contributed by atoms with Crippen molar-refractivity contribution in [2.24, 2.45) is 11.8 Å². The van der Waals surface area contributed by atoms with Crippen LogP contribution in [0.1, 0.15) is 39.5 Å². The van der Waals surface area contributed by atoms with E-state index in [4.69, 9.17) is 9.84 Å². The Morgan fingerprint density at radius 2 is 1.95 bits per heavy atom. The number of carboxylic acid groups (broad SMARTS) is 1. The molecule has 1 saturated carbocycles. The molecule has 1 amide bonds. The van der Waals surface area contributed by atoms with Crippen molar-refractivity contribution < 1.29 is 19.4 Å². The van der Waals surface area contributed by atoms with E-state index in [0.29, 0.717) is 39.1 Å². The monoisotopic (exact) mass is 271 g/mol. The van der Waals surface area contributed by atoms with Gasteiger partial charge in [0, 0.05) is 25.6 Å². The fourth-order valence-corrected chi connectivity index (χ4v) is 2.64. The first-order chi connectivity index (χ1) is 9.10. The first-order valence-corrected chi connectivity index (χ1v) is 7.19. The fourth-order valence-electron chi connectivity index (χ4n) is 2.64. The largest absolute Gasteiger partial charge is 0.481 e. The predicted octanol–water partition coefficient (Wildman–Crippen LogP) is 1.76. The maximum Gasteiger partial charge on any atom is 0.306 e. The van der Waals surface area contributed by atoms with E-state index in [9.17, 15) is 9.59 Å². The number of carbonyl (C=O) groups is 2. The molecule has 0 bridgehead atoms. The molecule has 5 heteroatoms. The minimum Gasteiger partial charge on any atom is -0.481 e. The molecule has 0 aromatic rings. The molecule has 0 aromatic carbocycles. The Labute approximate surface area is 114 Å².